The van der Waals surface area contributed by atoms with Crippen molar-refractivity contribution in [3.63, 3.8) is 0 Å². The first-order valence-corrected chi connectivity index (χ1v) is 9.32. The molecule has 2 heterocycles. The lowest BCUT2D eigenvalue weighted by Gasteiger charge is -2.11. The van der Waals surface area contributed by atoms with E-state index in [1.807, 2.05) is 0 Å². The van der Waals surface area contributed by atoms with Crippen LogP contribution in [0.4, 0.5) is 13.2 Å². The molecule has 3 rings (SSSR count). The second-order valence-corrected chi connectivity index (χ2v) is 7.26. The standard InChI is InChI=1S/C18H16Cl2F3N5O/c1-9-13(10(2)28-17(25-9)26-16(27-28)18(21,22)23)5-6-15(29)24-8-11-3-4-12(19)7-14(11)20/h3-4,7H,5-6,8H2,1-2H3,(H,24,29). The fraction of sp³-hybridized carbons (Fsp3) is 0.333. The molecule has 0 saturated carbocycles. The Bertz CT molecular complexity index is 1080. The van der Waals surface area contributed by atoms with Gasteiger partial charge in [-0.25, -0.2) is 9.50 Å². The lowest BCUT2D eigenvalue weighted by atomic mass is 10.1. The number of nitrogens with zero attached hydrogens (tertiary/aromatic N) is 4. The van der Waals surface area contributed by atoms with Crippen LogP contribution in [-0.4, -0.2) is 25.5 Å². The van der Waals surface area contributed by atoms with Crippen LogP contribution >= 0.6 is 23.2 Å². The maximum atomic E-state index is 12.9. The van der Waals surface area contributed by atoms with E-state index in [1.54, 1.807) is 32.0 Å². The van der Waals surface area contributed by atoms with Crippen LogP contribution in [-0.2, 0) is 23.9 Å². The number of fused-ring (bicyclic) bond motifs is 1. The number of aromatic nitrogens is 4. The van der Waals surface area contributed by atoms with Crippen molar-refractivity contribution in [2.75, 3.05) is 0 Å². The number of aryl methyl sites for hydroxylation is 2. The van der Waals surface area contributed by atoms with Crippen molar-refractivity contribution in [2.24, 2.45) is 0 Å². The smallest absolute Gasteiger partial charge is 0.352 e. The van der Waals surface area contributed by atoms with Crippen molar-refractivity contribution in [3.8, 4) is 0 Å². The van der Waals surface area contributed by atoms with Crippen molar-refractivity contribution < 1.29 is 18.0 Å². The molecule has 2 aromatic heterocycles. The quantitative estimate of drug-likeness (QED) is 0.634. The first-order chi connectivity index (χ1) is 13.6. The molecule has 0 aliphatic rings. The van der Waals surface area contributed by atoms with Crippen LogP contribution in [0.1, 0.15) is 34.8 Å². The van der Waals surface area contributed by atoms with Gasteiger partial charge in [-0.05, 0) is 43.5 Å². The van der Waals surface area contributed by atoms with Crippen LogP contribution in [0.2, 0.25) is 10.0 Å². The first kappa shape index (κ1) is 21.3. The Morgan fingerprint density at radius 1 is 1.21 bits per heavy atom. The maximum absolute atomic E-state index is 12.9. The number of carbonyl (C=O) groups excluding carboxylic acids is 1. The zero-order valence-corrected chi connectivity index (χ0v) is 17.0. The topological polar surface area (TPSA) is 72.2 Å². The molecule has 0 spiro atoms. The van der Waals surface area contributed by atoms with Gasteiger partial charge >= 0.3 is 6.18 Å². The molecule has 0 atom stereocenters. The number of benzene rings is 1. The number of amides is 1. The summed E-state index contributed by atoms with van der Waals surface area (Å²) in [6.45, 7) is 3.52. The van der Waals surface area contributed by atoms with Gasteiger partial charge in [0, 0.05) is 34.4 Å². The van der Waals surface area contributed by atoms with Gasteiger partial charge < -0.3 is 5.32 Å². The van der Waals surface area contributed by atoms with Crippen LogP contribution in [0.5, 0.6) is 0 Å². The summed E-state index contributed by atoms with van der Waals surface area (Å²) in [4.78, 5) is 19.7. The average Bonchev–Trinajstić information content (AvgIpc) is 3.05. The second kappa shape index (κ2) is 8.16. The molecule has 0 bridgehead atoms. The highest BCUT2D eigenvalue weighted by atomic mass is 35.5. The predicted octanol–water partition coefficient (Wildman–Crippen LogP) is 4.32. The van der Waals surface area contributed by atoms with Gasteiger partial charge in [-0.15, -0.1) is 5.10 Å². The van der Waals surface area contributed by atoms with Gasteiger partial charge in [-0.2, -0.15) is 18.2 Å². The third-order valence-corrected chi connectivity index (χ3v) is 4.98. The van der Waals surface area contributed by atoms with Gasteiger partial charge in [-0.1, -0.05) is 29.3 Å². The Labute approximate surface area is 174 Å². The number of hydrogen-bond acceptors (Lipinski definition) is 4. The van der Waals surface area contributed by atoms with Crippen molar-refractivity contribution in [2.45, 2.75) is 39.4 Å². The second-order valence-electron chi connectivity index (χ2n) is 6.42. The molecule has 0 unspecified atom stereocenters. The molecule has 6 nitrogen and oxygen atoms in total. The summed E-state index contributed by atoms with van der Waals surface area (Å²) >= 11 is 11.9. The molecule has 11 heteroatoms. The number of alkyl halides is 3. The van der Waals surface area contributed by atoms with Crippen LogP contribution in [0, 0.1) is 13.8 Å². The number of halogens is 5. The summed E-state index contributed by atoms with van der Waals surface area (Å²) in [7, 11) is 0. The predicted molar refractivity (Wildman–Crippen MR) is 102 cm³/mol. The van der Waals surface area contributed by atoms with E-state index < -0.39 is 12.0 Å². The van der Waals surface area contributed by atoms with E-state index in [9.17, 15) is 18.0 Å². The maximum Gasteiger partial charge on any atom is 0.453 e. The molecule has 0 fully saturated rings. The highest BCUT2D eigenvalue weighted by Crippen LogP contribution is 2.27. The molecule has 1 aromatic carbocycles. The van der Waals surface area contributed by atoms with Crippen LogP contribution in [0.25, 0.3) is 5.78 Å². The zero-order valence-electron chi connectivity index (χ0n) is 15.4. The fourth-order valence-electron chi connectivity index (χ4n) is 2.88. The molecule has 154 valence electrons. The van der Waals surface area contributed by atoms with E-state index in [0.29, 0.717) is 33.4 Å². The van der Waals surface area contributed by atoms with Crippen LogP contribution in [0.15, 0.2) is 18.2 Å². The van der Waals surface area contributed by atoms with Crippen LogP contribution in [0.3, 0.4) is 0 Å². The number of hydrogen-bond donors (Lipinski definition) is 1. The monoisotopic (exact) mass is 445 g/mol. The molecule has 0 radical (unpaired) electrons. The first-order valence-electron chi connectivity index (χ1n) is 8.57. The third kappa shape index (κ3) is 4.79. The van der Waals surface area contributed by atoms with Gasteiger partial charge in [0.25, 0.3) is 11.6 Å². The summed E-state index contributed by atoms with van der Waals surface area (Å²) in [6, 6.07) is 4.99. The van der Waals surface area contributed by atoms with E-state index in [0.717, 1.165) is 10.1 Å². The molecular weight excluding hydrogens is 430 g/mol. The molecule has 0 saturated heterocycles. The van der Waals surface area contributed by atoms with Gasteiger partial charge in [0.2, 0.25) is 5.91 Å². The van der Waals surface area contributed by atoms with E-state index in [4.69, 9.17) is 23.2 Å². The number of carbonyl (C=O) groups is 1. The number of rotatable bonds is 5. The minimum atomic E-state index is -4.66. The Hall–Kier alpha value is -2.39. The van der Waals surface area contributed by atoms with Gasteiger partial charge in [-0.3, -0.25) is 4.79 Å². The highest BCUT2D eigenvalue weighted by Gasteiger charge is 2.36. The third-order valence-electron chi connectivity index (χ3n) is 4.40. The van der Waals surface area contributed by atoms with E-state index >= 15 is 0 Å². The van der Waals surface area contributed by atoms with Crippen molar-refractivity contribution in [3.05, 3.63) is 56.6 Å². The summed E-state index contributed by atoms with van der Waals surface area (Å²) in [5.41, 5.74) is 2.34. The molecule has 1 amide bonds. The molecule has 0 aliphatic carbocycles. The van der Waals surface area contributed by atoms with E-state index in [2.05, 4.69) is 20.4 Å². The summed E-state index contributed by atoms with van der Waals surface area (Å²) in [5.74, 6) is -1.61. The summed E-state index contributed by atoms with van der Waals surface area (Å²) in [6.07, 6.45) is -4.24. The van der Waals surface area contributed by atoms with Crippen molar-refractivity contribution >= 4 is 34.9 Å². The van der Waals surface area contributed by atoms with E-state index in [1.165, 1.54) is 0 Å². The van der Waals surface area contributed by atoms with Gasteiger partial charge in [0.15, 0.2) is 0 Å². The Morgan fingerprint density at radius 3 is 2.59 bits per heavy atom. The lowest BCUT2D eigenvalue weighted by molar-refractivity contribution is -0.144. The Kier molecular flexibility index (Phi) is 6.00. The SMILES string of the molecule is Cc1nc2nc(C(F)(F)F)nn2c(C)c1CCC(=O)NCc1ccc(Cl)cc1Cl. The number of nitrogens with one attached hydrogen (secondary N) is 1. The molecule has 29 heavy (non-hydrogen) atoms. The Balaban J connectivity index is 1.70. The van der Waals surface area contributed by atoms with Gasteiger partial charge in [0.1, 0.15) is 0 Å². The summed E-state index contributed by atoms with van der Waals surface area (Å²) < 4.78 is 39.6. The van der Waals surface area contributed by atoms with E-state index in [-0.39, 0.29) is 24.7 Å². The minimum absolute atomic E-state index is 0.126. The summed E-state index contributed by atoms with van der Waals surface area (Å²) in [5, 5.41) is 7.21. The minimum Gasteiger partial charge on any atom is -0.352 e. The van der Waals surface area contributed by atoms with Gasteiger partial charge in [0.05, 0.1) is 0 Å². The average molecular weight is 446 g/mol. The van der Waals surface area contributed by atoms with Crippen LogP contribution < -0.4 is 5.32 Å². The largest absolute Gasteiger partial charge is 0.453 e. The normalized spacial score (nSPS) is 11.8. The fourth-order valence-corrected chi connectivity index (χ4v) is 3.35. The molecule has 1 N–H and O–H groups in total. The lowest BCUT2D eigenvalue weighted by Crippen LogP contribution is -2.23. The molecule has 3 aromatic rings. The highest BCUT2D eigenvalue weighted by molar-refractivity contribution is 6.35. The molecule has 0 aliphatic heterocycles. The zero-order chi connectivity index (χ0) is 21.3. The molecular formula is C18H16Cl2F3N5O. The Morgan fingerprint density at radius 2 is 1.93 bits per heavy atom. The van der Waals surface area contributed by atoms with Crippen molar-refractivity contribution in [1.29, 1.82) is 0 Å². The van der Waals surface area contributed by atoms with Crippen molar-refractivity contribution in [1.82, 2.24) is 24.9 Å².